The number of nitrogens with zero attached hydrogens (tertiary/aromatic N) is 1. The zero-order chi connectivity index (χ0) is 10.3. The van der Waals surface area contributed by atoms with E-state index in [2.05, 4.69) is 12.2 Å². The molecular weight excluding hydrogens is 220 g/mol. The van der Waals surface area contributed by atoms with Crippen molar-refractivity contribution in [2.45, 2.75) is 12.8 Å². The Bertz CT molecular complexity index is 352. The van der Waals surface area contributed by atoms with E-state index in [4.69, 9.17) is 5.73 Å². The van der Waals surface area contributed by atoms with Crippen molar-refractivity contribution in [2.75, 3.05) is 18.8 Å². The molecule has 1 aliphatic heterocycles. The van der Waals surface area contributed by atoms with Gasteiger partial charge in [-0.05, 0) is 24.7 Å². The maximum absolute atomic E-state index is 11.7. The molecule has 2 unspecified atom stereocenters. The summed E-state index contributed by atoms with van der Waals surface area (Å²) in [6.45, 7) is 1.32. The molecule has 1 heterocycles. The van der Waals surface area contributed by atoms with Crippen molar-refractivity contribution in [2.24, 2.45) is 17.6 Å². The third-order valence-electron chi connectivity index (χ3n) is 2.97. The Labute approximate surface area is 89.5 Å². The normalized spacial score (nSPS) is 32.3. The lowest BCUT2D eigenvalue weighted by Gasteiger charge is -2.25. The van der Waals surface area contributed by atoms with Gasteiger partial charge in [0.2, 0.25) is 10.0 Å². The Hall–Kier alpha value is -0.200. The van der Waals surface area contributed by atoms with E-state index in [0.717, 1.165) is 12.3 Å². The van der Waals surface area contributed by atoms with Gasteiger partial charge in [0.05, 0.1) is 4.99 Å². The lowest BCUT2D eigenvalue weighted by atomic mass is 10.2. The number of piperidine rings is 1. The van der Waals surface area contributed by atoms with Gasteiger partial charge in [-0.2, -0.15) is 0 Å². The standard InChI is InChI=1S/C8H14N2O2S2/c9-8(13)5-14(11,12)10-2-1-6-3-7(6)4-10/h6-7H,1-5H2,(H2,9,13). The van der Waals surface area contributed by atoms with Crippen LogP contribution in [0.5, 0.6) is 0 Å². The summed E-state index contributed by atoms with van der Waals surface area (Å²) in [5.74, 6) is 1.20. The molecule has 80 valence electrons. The van der Waals surface area contributed by atoms with Gasteiger partial charge >= 0.3 is 0 Å². The number of sulfonamides is 1. The zero-order valence-corrected chi connectivity index (χ0v) is 9.48. The molecule has 0 aromatic carbocycles. The summed E-state index contributed by atoms with van der Waals surface area (Å²) in [6, 6.07) is 0. The molecule has 6 heteroatoms. The van der Waals surface area contributed by atoms with Crippen molar-refractivity contribution in [3.8, 4) is 0 Å². The highest BCUT2D eigenvalue weighted by atomic mass is 32.2. The van der Waals surface area contributed by atoms with E-state index in [9.17, 15) is 8.42 Å². The Morgan fingerprint density at radius 3 is 2.79 bits per heavy atom. The maximum atomic E-state index is 11.7. The van der Waals surface area contributed by atoms with Crippen LogP contribution >= 0.6 is 12.2 Å². The number of hydrogen-bond acceptors (Lipinski definition) is 3. The Balaban J connectivity index is 2.02. The van der Waals surface area contributed by atoms with Crippen LogP contribution in [0.3, 0.4) is 0 Å². The number of fused-ring (bicyclic) bond motifs is 1. The molecular formula is C8H14N2O2S2. The first-order chi connectivity index (χ1) is 6.49. The third kappa shape index (κ3) is 2.07. The molecule has 2 N–H and O–H groups in total. The van der Waals surface area contributed by atoms with Gasteiger partial charge in [0.25, 0.3) is 0 Å². The maximum Gasteiger partial charge on any atom is 0.220 e. The number of thiocarbonyl (C=S) groups is 1. The van der Waals surface area contributed by atoms with Gasteiger partial charge in [0.15, 0.2) is 0 Å². The molecule has 2 atom stereocenters. The summed E-state index contributed by atoms with van der Waals surface area (Å²) in [4.78, 5) is 0.0583. The summed E-state index contributed by atoms with van der Waals surface area (Å²) in [5.41, 5.74) is 5.26. The van der Waals surface area contributed by atoms with E-state index in [1.807, 2.05) is 0 Å². The SMILES string of the molecule is NC(=S)CS(=O)(=O)N1CCC2CC2C1. The quantitative estimate of drug-likeness (QED) is 0.695. The average molecular weight is 234 g/mol. The summed E-state index contributed by atoms with van der Waals surface area (Å²) >= 11 is 4.62. The molecule has 2 rings (SSSR count). The van der Waals surface area contributed by atoms with Crippen molar-refractivity contribution in [3.63, 3.8) is 0 Å². The summed E-state index contributed by atoms with van der Waals surface area (Å²) in [7, 11) is -3.22. The lowest BCUT2D eigenvalue weighted by Crippen LogP contribution is -2.40. The summed E-state index contributed by atoms with van der Waals surface area (Å²) < 4.78 is 25.0. The van der Waals surface area contributed by atoms with Crippen molar-refractivity contribution < 1.29 is 8.42 Å². The fourth-order valence-corrected chi connectivity index (χ4v) is 3.86. The van der Waals surface area contributed by atoms with Gasteiger partial charge in [-0.3, -0.25) is 0 Å². The van der Waals surface area contributed by atoms with Crippen molar-refractivity contribution in [1.82, 2.24) is 4.31 Å². The average Bonchev–Trinajstić information content (AvgIpc) is 2.77. The number of nitrogens with two attached hydrogens (primary N) is 1. The van der Waals surface area contributed by atoms with Crippen LogP contribution in [0.1, 0.15) is 12.8 Å². The Morgan fingerprint density at radius 1 is 1.50 bits per heavy atom. The minimum atomic E-state index is -3.22. The van der Waals surface area contributed by atoms with E-state index in [1.54, 1.807) is 4.31 Å². The van der Waals surface area contributed by atoms with Crippen molar-refractivity contribution >= 4 is 27.2 Å². The molecule has 0 aromatic rings. The second-order valence-electron chi connectivity index (χ2n) is 4.13. The van der Waals surface area contributed by atoms with Crippen LogP contribution in [0.15, 0.2) is 0 Å². The molecule has 14 heavy (non-hydrogen) atoms. The second kappa shape index (κ2) is 3.43. The van der Waals surface area contributed by atoms with Gasteiger partial charge in [-0.1, -0.05) is 12.2 Å². The van der Waals surface area contributed by atoms with Crippen molar-refractivity contribution in [1.29, 1.82) is 0 Å². The molecule has 0 bridgehead atoms. The second-order valence-corrected chi connectivity index (χ2v) is 6.62. The lowest BCUT2D eigenvalue weighted by molar-refractivity contribution is 0.335. The van der Waals surface area contributed by atoms with Crippen LogP contribution in [0.25, 0.3) is 0 Å². The van der Waals surface area contributed by atoms with Crippen LogP contribution in [-0.4, -0.2) is 36.6 Å². The molecule has 0 aromatic heterocycles. The number of rotatable bonds is 3. The Kier molecular flexibility index (Phi) is 2.53. The minimum Gasteiger partial charge on any atom is -0.392 e. The molecule has 2 fully saturated rings. The molecule has 1 aliphatic carbocycles. The van der Waals surface area contributed by atoms with Gasteiger partial charge in [0.1, 0.15) is 5.75 Å². The highest BCUT2D eigenvalue weighted by Crippen LogP contribution is 2.45. The largest absolute Gasteiger partial charge is 0.392 e. The van der Waals surface area contributed by atoms with Crippen LogP contribution in [0, 0.1) is 11.8 Å². The third-order valence-corrected chi connectivity index (χ3v) is 5.10. The fraction of sp³-hybridized carbons (Fsp3) is 0.875. The van der Waals surface area contributed by atoms with E-state index in [0.29, 0.717) is 19.0 Å². The predicted molar refractivity (Wildman–Crippen MR) is 58.4 cm³/mol. The molecule has 2 aliphatic rings. The summed E-state index contributed by atoms with van der Waals surface area (Å²) in [6.07, 6.45) is 2.19. The highest BCUT2D eigenvalue weighted by molar-refractivity contribution is 7.92. The molecule has 0 spiro atoms. The Morgan fingerprint density at radius 2 is 2.21 bits per heavy atom. The van der Waals surface area contributed by atoms with Crippen LogP contribution < -0.4 is 5.73 Å². The van der Waals surface area contributed by atoms with Crippen LogP contribution in [0.2, 0.25) is 0 Å². The molecule has 1 saturated heterocycles. The molecule has 1 saturated carbocycles. The van der Waals surface area contributed by atoms with Crippen LogP contribution in [-0.2, 0) is 10.0 Å². The van der Waals surface area contributed by atoms with E-state index >= 15 is 0 Å². The van der Waals surface area contributed by atoms with Gasteiger partial charge in [-0.25, -0.2) is 12.7 Å². The molecule has 4 nitrogen and oxygen atoms in total. The van der Waals surface area contributed by atoms with E-state index < -0.39 is 10.0 Å². The topological polar surface area (TPSA) is 63.4 Å². The first-order valence-corrected chi connectivity index (χ1v) is 6.77. The molecule has 0 radical (unpaired) electrons. The first kappa shape index (κ1) is 10.3. The van der Waals surface area contributed by atoms with Crippen molar-refractivity contribution in [3.05, 3.63) is 0 Å². The predicted octanol–water partition coefficient (Wildman–Crippen LogP) is -0.0559. The van der Waals surface area contributed by atoms with Gasteiger partial charge < -0.3 is 5.73 Å². The monoisotopic (exact) mass is 234 g/mol. The molecule has 0 amide bonds. The van der Waals surface area contributed by atoms with Crippen LogP contribution in [0.4, 0.5) is 0 Å². The fourth-order valence-electron chi connectivity index (χ4n) is 2.07. The van der Waals surface area contributed by atoms with Gasteiger partial charge in [-0.15, -0.1) is 0 Å². The summed E-state index contributed by atoms with van der Waals surface area (Å²) in [5, 5.41) is 0. The van der Waals surface area contributed by atoms with E-state index in [-0.39, 0.29) is 10.7 Å². The van der Waals surface area contributed by atoms with Gasteiger partial charge in [0, 0.05) is 13.1 Å². The first-order valence-electron chi connectivity index (χ1n) is 4.75. The zero-order valence-electron chi connectivity index (χ0n) is 7.85. The number of hydrogen-bond donors (Lipinski definition) is 1. The highest BCUT2D eigenvalue weighted by Gasteiger charge is 2.44. The van der Waals surface area contributed by atoms with E-state index in [1.165, 1.54) is 6.42 Å². The smallest absolute Gasteiger partial charge is 0.220 e. The minimum absolute atomic E-state index is 0.0583.